The van der Waals surface area contributed by atoms with Crippen LogP contribution in [0.3, 0.4) is 0 Å². The van der Waals surface area contributed by atoms with Crippen LogP contribution in [0.25, 0.3) is 0 Å². The summed E-state index contributed by atoms with van der Waals surface area (Å²) >= 11 is 0. The molecule has 5 heteroatoms. The summed E-state index contributed by atoms with van der Waals surface area (Å²) in [6.07, 6.45) is 3.20. The second kappa shape index (κ2) is 5.84. The maximum atomic E-state index is 13.4. The average Bonchev–Trinajstić information content (AvgIpc) is 3.34. The Morgan fingerprint density at radius 2 is 1.86 bits per heavy atom. The molecular formula is C16H19FN2O2. The summed E-state index contributed by atoms with van der Waals surface area (Å²) in [6, 6.07) is 6.88. The van der Waals surface area contributed by atoms with Gasteiger partial charge in [0.2, 0.25) is 11.8 Å². The molecular weight excluding hydrogens is 271 g/mol. The van der Waals surface area contributed by atoms with Gasteiger partial charge in [-0.15, -0.1) is 0 Å². The standard InChI is InChI=1S/C16H19FN2O2/c17-14-4-2-1-3-10(14)7-8-18-15(20)12-9-13(12)16(21)19-11-5-6-11/h1-4,11-13H,5-9H2,(H,18,20)(H,19,21). The summed E-state index contributed by atoms with van der Waals surface area (Å²) in [7, 11) is 0. The van der Waals surface area contributed by atoms with E-state index in [9.17, 15) is 14.0 Å². The zero-order valence-electron chi connectivity index (χ0n) is 11.8. The van der Waals surface area contributed by atoms with Crippen molar-refractivity contribution < 1.29 is 14.0 Å². The van der Waals surface area contributed by atoms with Gasteiger partial charge < -0.3 is 10.6 Å². The molecule has 21 heavy (non-hydrogen) atoms. The number of carbonyl (C=O) groups is 2. The number of nitrogens with one attached hydrogen (secondary N) is 2. The van der Waals surface area contributed by atoms with Gasteiger partial charge in [0.25, 0.3) is 0 Å². The summed E-state index contributed by atoms with van der Waals surface area (Å²) in [5.74, 6) is -0.711. The van der Waals surface area contributed by atoms with Crippen molar-refractivity contribution in [1.82, 2.24) is 10.6 Å². The molecule has 0 radical (unpaired) electrons. The number of carbonyl (C=O) groups excluding carboxylic acids is 2. The summed E-state index contributed by atoms with van der Waals surface area (Å²) in [5, 5.41) is 5.71. The van der Waals surface area contributed by atoms with E-state index in [4.69, 9.17) is 0 Å². The lowest BCUT2D eigenvalue weighted by Crippen LogP contribution is -2.32. The fraction of sp³-hybridized carbons (Fsp3) is 0.500. The van der Waals surface area contributed by atoms with Crippen LogP contribution in [0.2, 0.25) is 0 Å². The van der Waals surface area contributed by atoms with Gasteiger partial charge in [-0.1, -0.05) is 18.2 Å². The molecule has 0 aromatic heterocycles. The van der Waals surface area contributed by atoms with Crippen LogP contribution in [-0.4, -0.2) is 24.4 Å². The van der Waals surface area contributed by atoms with E-state index in [-0.39, 0.29) is 29.5 Å². The molecule has 4 nitrogen and oxygen atoms in total. The fourth-order valence-electron chi connectivity index (χ4n) is 2.46. The molecule has 2 fully saturated rings. The van der Waals surface area contributed by atoms with Crippen molar-refractivity contribution in [2.75, 3.05) is 6.54 Å². The number of benzene rings is 1. The van der Waals surface area contributed by atoms with Gasteiger partial charge in [-0.25, -0.2) is 4.39 Å². The Morgan fingerprint density at radius 3 is 2.57 bits per heavy atom. The van der Waals surface area contributed by atoms with E-state index in [0.717, 1.165) is 12.8 Å². The van der Waals surface area contributed by atoms with Crippen molar-refractivity contribution in [3.05, 3.63) is 35.6 Å². The lowest BCUT2D eigenvalue weighted by Gasteiger charge is -2.06. The molecule has 2 atom stereocenters. The molecule has 0 spiro atoms. The first-order valence-corrected chi connectivity index (χ1v) is 7.46. The van der Waals surface area contributed by atoms with Crippen LogP contribution < -0.4 is 10.6 Å². The first-order valence-electron chi connectivity index (χ1n) is 7.46. The van der Waals surface area contributed by atoms with Gasteiger partial charge in [0.15, 0.2) is 0 Å². The van der Waals surface area contributed by atoms with Crippen LogP contribution in [0.4, 0.5) is 4.39 Å². The van der Waals surface area contributed by atoms with Gasteiger partial charge in [-0.3, -0.25) is 9.59 Å². The number of halogens is 1. The minimum Gasteiger partial charge on any atom is -0.356 e. The first kappa shape index (κ1) is 14.0. The summed E-state index contributed by atoms with van der Waals surface area (Å²) in [5.41, 5.74) is 0.594. The highest BCUT2D eigenvalue weighted by molar-refractivity contribution is 5.92. The smallest absolute Gasteiger partial charge is 0.224 e. The number of rotatable bonds is 6. The molecule has 2 aliphatic carbocycles. The molecule has 2 amide bonds. The molecule has 0 bridgehead atoms. The highest BCUT2D eigenvalue weighted by Gasteiger charge is 2.48. The van der Waals surface area contributed by atoms with Gasteiger partial charge in [-0.2, -0.15) is 0 Å². The monoisotopic (exact) mass is 290 g/mol. The van der Waals surface area contributed by atoms with E-state index in [1.54, 1.807) is 18.2 Å². The van der Waals surface area contributed by atoms with Crippen LogP contribution in [0.5, 0.6) is 0 Å². The van der Waals surface area contributed by atoms with Crippen molar-refractivity contribution in [2.45, 2.75) is 31.7 Å². The van der Waals surface area contributed by atoms with Crippen LogP contribution in [-0.2, 0) is 16.0 Å². The predicted octanol–water partition coefficient (Wildman–Crippen LogP) is 1.40. The van der Waals surface area contributed by atoms with E-state index in [2.05, 4.69) is 10.6 Å². The maximum absolute atomic E-state index is 13.4. The van der Waals surface area contributed by atoms with Crippen molar-refractivity contribution in [1.29, 1.82) is 0 Å². The van der Waals surface area contributed by atoms with Gasteiger partial charge >= 0.3 is 0 Å². The van der Waals surface area contributed by atoms with E-state index in [0.29, 0.717) is 31.0 Å². The molecule has 2 aliphatic rings. The van der Waals surface area contributed by atoms with E-state index < -0.39 is 0 Å². The molecule has 1 aromatic carbocycles. The number of hydrogen-bond donors (Lipinski definition) is 2. The van der Waals surface area contributed by atoms with E-state index in [1.807, 2.05) is 0 Å². The SMILES string of the molecule is O=C(NCCc1ccccc1F)C1CC1C(=O)NC1CC1. The van der Waals surface area contributed by atoms with Crippen molar-refractivity contribution >= 4 is 11.8 Å². The van der Waals surface area contributed by atoms with Crippen LogP contribution >= 0.6 is 0 Å². The Balaban J connectivity index is 1.39. The fourth-order valence-corrected chi connectivity index (χ4v) is 2.46. The third-order valence-electron chi connectivity index (χ3n) is 4.04. The molecule has 112 valence electrons. The molecule has 0 heterocycles. The minimum absolute atomic E-state index is 0.00625. The number of hydrogen-bond acceptors (Lipinski definition) is 2. The van der Waals surface area contributed by atoms with E-state index in [1.165, 1.54) is 6.07 Å². The Hall–Kier alpha value is -1.91. The second-order valence-electron chi connectivity index (χ2n) is 5.86. The van der Waals surface area contributed by atoms with Gasteiger partial charge in [0.1, 0.15) is 5.82 Å². The summed E-state index contributed by atoms with van der Waals surface area (Å²) in [4.78, 5) is 23.7. The van der Waals surface area contributed by atoms with E-state index >= 15 is 0 Å². The topological polar surface area (TPSA) is 58.2 Å². The van der Waals surface area contributed by atoms with Crippen LogP contribution in [0.1, 0.15) is 24.8 Å². The highest BCUT2D eigenvalue weighted by Crippen LogP contribution is 2.39. The number of amides is 2. The minimum atomic E-state index is -0.250. The Bertz CT molecular complexity index is 557. The van der Waals surface area contributed by atoms with Crippen molar-refractivity contribution in [3.8, 4) is 0 Å². The average molecular weight is 290 g/mol. The molecule has 1 aromatic rings. The molecule has 0 aliphatic heterocycles. The van der Waals surface area contributed by atoms with Gasteiger partial charge in [0.05, 0.1) is 11.8 Å². The molecule has 0 saturated heterocycles. The van der Waals surface area contributed by atoms with Gasteiger partial charge in [0, 0.05) is 12.6 Å². The Kier molecular flexibility index (Phi) is 3.90. The summed E-state index contributed by atoms with van der Waals surface area (Å²) < 4.78 is 13.4. The van der Waals surface area contributed by atoms with Crippen LogP contribution in [0, 0.1) is 17.7 Å². The highest BCUT2D eigenvalue weighted by atomic mass is 19.1. The Labute approximate surface area is 123 Å². The zero-order valence-corrected chi connectivity index (χ0v) is 11.8. The second-order valence-corrected chi connectivity index (χ2v) is 5.86. The largest absolute Gasteiger partial charge is 0.356 e. The van der Waals surface area contributed by atoms with Crippen molar-refractivity contribution in [2.24, 2.45) is 11.8 Å². The lowest BCUT2D eigenvalue weighted by molar-refractivity contribution is -0.127. The molecule has 2 saturated carbocycles. The quantitative estimate of drug-likeness (QED) is 0.832. The van der Waals surface area contributed by atoms with Gasteiger partial charge in [-0.05, 0) is 37.3 Å². The third-order valence-corrected chi connectivity index (χ3v) is 4.04. The predicted molar refractivity (Wildman–Crippen MR) is 75.9 cm³/mol. The molecule has 3 rings (SSSR count). The van der Waals surface area contributed by atoms with Crippen LogP contribution in [0.15, 0.2) is 24.3 Å². The lowest BCUT2D eigenvalue weighted by atomic mass is 10.1. The summed E-state index contributed by atoms with van der Waals surface area (Å²) in [6.45, 7) is 0.396. The first-order chi connectivity index (χ1) is 10.1. The van der Waals surface area contributed by atoms with Crippen molar-refractivity contribution in [3.63, 3.8) is 0 Å². The zero-order chi connectivity index (χ0) is 14.8. The molecule has 2 N–H and O–H groups in total. The molecule has 2 unspecified atom stereocenters. The normalized spacial score (nSPS) is 23.5. The third kappa shape index (κ3) is 3.60. The Morgan fingerprint density at radius 1 is 1.14 bits per heavy atom. The maximum Gasteiger partial charge on any atom is 0.224 e.